The zero-order valence-electron chi connectivity index (χ0n) is 10.8. The van der Waals surface area contributed by atoms with Gasteiger partial charge in [0, 0.05) is 31.7 Å². The van der Waals surface area contributed by atoms with Gasteiger partial charge in [0.15, 0.2) is 0 Å². The molecule has 1 aromatic rings. The number of rotatable bonds is 7. The third-order valence-electron chi connectivity index (χ3n) is 2.41. The van der Waals surface area contributed by atoms with Crippen LogP contribution < -0.4 is 11.1 Å². The first-order chi connectivity index (χ1) is 8.63. The number of methoxy groups -OCH3 is 1. The van der Waals surface area contributed by atoms with Crippen molar-refractivity contribution in [2.24, 2.45) is 0 Å². The normalized spacial score (nSPS) is 12.1. The Labute approximate surface area is 107 Å². The monoisotopic (exact) mass is 252 g/mol. The Hall–Kier alpha value is -1.59. The summed E-state index contributed by atoms with van der Waals surface area (Å²) in [6.45, 7) is 2.86. The Morgan fingerprint density at radius 2 is 2.00 bits per heavy atom. The molecule has 18 heavy (non-hydrogen) atoms. The molecule has 5 heteroatoms. The molecule has 1 unspecified atom stereocenters. The number of nitrogen functional groups attached to an aromatic ring is 1. The molecule has 0 radical (unpaired) electrons. The van der Waals surface area contributed by atoms with E-state index in [4.69, 9.17) is 15.2 Å². The average Bonchev–Trinajstić information content (AvgIpc) is 2.37. The number of carbonyl (C=O) groups excluding carboxylic acids is 1. The van der Waals surface area contributed by atoms with E-state index in [1.165, 1.54) is 0 Å². The fraction of sp³-hybridized carbons (Fsp3) is 0.462. The summed E-state index contributed by atoms with van der Waals surface area (Å²) in [7, 11) is 1.64. The molecular formula is C13H20N2O3. The number of ether oxygens (including phenoxy) is 2. The minimum atomic E-state index is -0.487. The van der Waals surface area contributed by atoms with Crippen molar-refractivity contribution in [1.82, 2.24) is 0 Å². The van der Waals surface area contributed by atoms with Gasteiger partial charge < -0.3 is 20.5 Å². The number of hydrogen-bond donors (Lipinski definition) is 2. The molecule has 1 rings (SSSR count). The highest BCUT2D eigenvalue weighted by Gasteiger charge is 2.12. The lowest BCUT2D eigenvalue weighted by Crippen LogP contribution is -2.28. The Kier molecular flexibility index (Phi) is 6.18. The van der Waals surface area contributed by atoms with Crippen LogP contribution in [0.5, 0.6) is 0 Å². The molecule has 0 heterocycles. The average molecular weight is 252 g/mol. The summed E-state index contributed by atoms with van der Waals surface area (Å²) < 4.78 is 10.3. The number of nitrogens with two attached hydrogens (primary N) is 1. The number of carbonyl (C=O) groups is 1. The van der Waals surface area contributed by atoms with Crippen molar-refractivity contribution >= 4 is 17.3 Å². The highest BCUT2D eigenvalue weighted by molar-refractivity contribution is 5.93. The smallest absolute Gasteiger partial charge is 0.253 e. The van der Waals surface area contributed by atoms with Crippen LogP contribution in [0.2, 0.25) is 0 Å². The van der Waals surface area contributed by atoms with E-state index in [0.717, 1.165) is 6.42 Å². The van der Waals surface area contributed by atoms with Crippen LogP contribution in [0, 0.1) is 0 Å². The lowest BCUT2D eigenvalue weighted by molar-refractivity contribution is -0.126. The third-order valence-corrected chi connectivity index (χ3v) is 2.41. The molecule has 0 spiro atoms. The van der Waals surface area contributed by atoms with Crippen LogP contribution in [0.1, 0.15) is 13.3 Å². The molecule has 3 N–H and O–H groups in total. The van der Waals surface area contributed by atoms with Gasteiger partial charge in [-0.2, -0.15) is 0 Å². The van der Waals surface area contributed by atoms with Crippen molar-refractivity contribution in [1.29, 1.82) is 0 Å². The lowest BCUT2D eigenvalue weighted by Gasteiger charge is -2.13. The van der Waals surface area contributed by atoms with Crippen molar-refractivity contribution in [2.75, 3.05) is 31.4 Å². The van der Waals surface area contributed by atoms with Gasteiger partial charge in [0.1, 0.15) is 6.10 Å². The Bertz CT molecular complexity index is 365. The number of anilines is 2. The maximum atomic E-state index is 11.8. The first-order valence-corrected chi connectivity index (χ1v) is 5.90. The van der Waals surface area contributed by atoms with E-state index in [1.54, 1.807) is 38.3 Å². The SMILES string of the molecule is COCCCOC(C)C(=O)Nc1ccc(N)cc1. The summed E-state index contributed by atoms with van der Waals surface area (Å²) in [5.41, 5.74) is 6.94. The zero-order valence-corrected chi connectivity index (χ0v) is 10.8. The van der Waals surface area contributed by atoms with E-state index in [2.05, 4.69) is 5.32 Å². The number of nitrogens with one attached hydrogen (secondary N) is 1. The van der Waals surface area contributed by atoms with Crippen LogP contribution >= 0.6 is 0 Å². The summed E-state index contributed by atoms with van der Waals surface area (Å²) >= 11 is 0. The maximum absolute atomic E-state index is 11.8. The van der Waals surface area contributed by atoms with Crippen LogP contribution in [0.3, 0.4) is 0 Å². The van der Waals surface area contributed by atoms with Crippen molar-refractivity contribution < 1.29 is 14.3 Å². The Morgan fingerprint density at radius 1 is 1.33 bits per heavy atom. The minimum Gasteiger partial charge on any atom is -0.399 e. The van der Waals surface area contributed by atoms with Gasteiger partial charge in [-0.05, 0) is 37.6 Å². The predicted molar refractivity (Wildman–Crippen MR) is 71.4 cm³/mol. The van der Waals surface area contributed by atoms with E-state index in [9.17, 15) is 4.79 Å². The topological polar surface area (TPSA) is 73.6 Å². The van der Waals surface area contributed by atoms with Gasteiger partial charge in [0.25, 0.3) is 5.91 Å². The second-order valence-corrected chi connectivity index (χ2v) is 3.97. The molecule has 0 saturated carbocycles. The summed E-state index contributed by atoms with van der Waals surface area (Å²) in [6.07, 6.45) is 0.287. The van der Waals surface area contributed by atoms with Crippen molar-refractivity contribution in [3.05, 3.63) is 24.3 Å². The van der Waals surface area contributed by atoms with Gasteiger partial charge in [-0.25, -0.2) is 0 Å². The summed E-state index contributed by atoms with van der Waals surface area (Å²) in [5.74, 6) is -0.169. The van der Waals surface area contributed by atoms with Crippen molar-refractivity contribution in [2.45, 2.75) is 19.4 Å². The highest BCUT2D eigenvalue weighted by Crippen LogP contribution is 2.11. The molecule has 0 aliphatic heterocycles. The van der Waals surface area contributed by atoms with Crippen molar-refractivity contribution in [3.63, 3.8) is 0 Å². The standard InChI is InChI=1S/C13H20N2O3/c1-10(18-9-3-8-17-2)13(16)15-12-6-4-11(14)5-7-12/h4-7,10H,3,8-9,14H2,1-2H3,(H,15,16). The minimum absolute atomic E-state index is 0.169. The van der Waals surface area contributed by atoms with Gasteiger partial charge in [-0.15, -0.1) is 0 Å². The molecule has 1 atom stereocenters. The van der Waals surface area contributed by atoms with Crippen LogP contribution in [0.4, 0.5) is 11.4 Å². The van der Waals surface area contributed by atoms with E-state index in [1.807, 2.05) is 0 Å². The quantitative estimate of drug-likeness (QED) is 0.571. The molecule has 0 aliphatic rings. The molecule has 1 amide bonds. The molecular weight excluding hydrogens is 232 g/mol. The van der Waals surface area contributed by atoms with Crippen LogP contribution in [0.25, 0.3) is 0 Å². The number of amides is 1. The molecule has 100 valence electrons. The van der Waals surface area contributed by atoms with Gasteiger partial charge in [0.05, 0.1) is 0 Å². The van der Waals surface area contributed by atoms with Gasteiger partial charge in [-0.3, -0.25) is 4.79 Å². The Balaban J connectivity index is 2.33. The molecule has 5 nitrogen and oxygen atoms in total. The molecule has 0 aromatic heterocycles. The van der Waals surface area contributed by atoms with Crippen molar-refractivity contribution in [3.8, 4) is 0 Å². The maximum Gasteiger partial charge on any atom is 0.253 e. The van der Waals surface area contributed by atoms with Crippen LogP contribution in [0.15, 0.2) is 24.3 Å². The Morgan fingerprint density at radius 3 is 2.61 bits per heavy atom. The van der Waals surface area contributed by atoms with E-state index in [-0.39, 0.29) is 5.91 Å². The van der Waals surface area contributed by atoms with Gasteiger partial charge >= 0.3 is 0 Å². The third kappa shape index (κ3) is 5.16. The number of hydrogen-bond acceptors (Lipinski definition) is 4. The second kappa shape index (κ2) is 7.68. The summed E-state index contributed by atoms with van der Waals surface area (Å²) in [5, 5.41) is 2.76. The molecule has 0 fully saturated rings. The largest absolute Gasteiger partial charge is 0.399 e. The zero-order chi connectivity index (χ0) is 13.4. The first kappa shape index (κ1) is 14.5. The fourth-order valence-corrected chi connectivity index (χ4v) is 1.35. The van der Waals surface area contributed by atoms with Crippen LogP contribution in [-0.2, 0) is 14.3 Å². The molecule has 0 bridgehead atoms. The molecule has 0 saturated heterocycles. The first-order valence-electron chi connectivity index (χ1n) is 5.90. The second-order valence-electron chi connectivity index (χ2n) is 3.97. The predicted octanol–water partition coefficient (Wildman–Crippen LogP) is 1.65. The molecule has 1 aromatic carbocycles. The molecule has 0 aliphatic carbocycles. The van der Waals surface area contributed by atoms with Gasteiger partial charge in [0.2, 0.25) is 0 Å². The lowest BCUT2D eigenvalue weighted by atomic mass is 10.2. The summed E-state index contributed by atoms with van der Waals surface area (Å²) in [6, 6.07) is 6.98. The fourth-order valence-electron chi connectivity index (χ4n) is 1.35. The van der Waals surface area contributed by atoms with Gasteiger partial charge in [-0.1, -0.05) is 0 Å². The highest BCUT2D eigenvalue weighted by atomic mass is 16.5. The number of benzene rings is 1. The van der Waals surface area contributed by atoms with E-state index >= 15 is 0 Å². The summed E-state index contributed by atoms with van der Waals surface area (Å²) in [4.78, 5) is 11.8. The van der Waals surface area contributed by atoms with E-state index in [0.29, 0.717) is 24.6 Å². The van der Waals surface area contributed by atoms with Crippen LogP contribution in [-0.4, -0.2) is 32.3 Å². The van der Waals surface area contributed by atoms with E-state index < -0.39 is 6.10 Å².